The number of ether oxygens (including phenoxy) is 2. The number of carbonyl (C=O) groups excluding carboxylic acids is 3. The Morgan fingerprint density at radius 1 is 1.02 bits per heavy atom. The first-order valence-corrected chi connectivity index (χ1v) is 16.7. The third kappa shape index (κ3) is 8.41. The molecule has 3 aromatic rings. The number of aryl methyl sites for hydroxylation is 2. The van der Waals surface area contributed by atoms with Gasteiger partial charge in [-0.15, -0.1) is 13.2 Å². The minimum atomic E-state index is -4.95. The molecule has 248 valence electrons. The predicted octanol–water partition coefficient (Wildman–Crippen LogP) is 4.24. The van der Waals surface area contributed by atoms with Gasteiger partial charge in [0, 0.05) is 26.2 Å². The Bertz CT molecular complexity index is 1660. The third-order valence-electron chi connectivity index (χ3n) is 7.05. The molecule has 0 bridgehead atoms. The fraction of sp³-hybridized carbons (Fsp3) is 0.400. The molecule has 46 heavy (non-hydrogen) atoms. The molecular formula is C30H33F3N4O7S2. The van der Waals surface area contributed by atoms with Crippen LogP contribution in [-0.4, -0.2) is 74.0 Å². The van der Waals surface area contributed by atoms with Crippen molar-refractivity contribution in [2.75, 3.05) is 31.1 Å². The maximum absolute atomic E-state index is 13.8. The molecule has 1 aromatic heterocycles. The van der Waals surface area contributed by atoms with Gasteiger partial charge in [0.05, 0.1) is 17.2 Å². The number of rotatable bonds is 12. The Morgan fingerprint density at radius 3 is 2.28 bits per heavy atom. The number of ketones is 1. The van der Waals surface area contributed by atoms with E-state index in [-0.39, 0.29) is 48.3 Å². The number of aromatic nitrogens is 1. The van der Waals surface area contributed by atoms with Gasteiger partial charge in [-0.2, -0.15) is 4.31 Å². The second-order valence-corrected chi connectivity index (χ2v) is 13.2. The van der Waals surface area contributed by atoms with Crippen LogP contribution in [0.15, 0.2) is 53.4 Å². The molecule has 1 atom stereocenters. The molecule has 1 N–H and O–H groups in total. The molecule has 1 aliphatic heterocycles. The van der Waals surface area contributed by atoms with Gasteiger partial charge in [-0.1, -0.05) is 48.9 Å². The van der Waals surface area contributed by atoms with Crippen LogP contribution in [0.5, 0.6) is 5.75 Å². The lowest BCUT2D eigenvalue weighted by Crippen LogP contribution is -2.60. The molecule has 1 amide bonds. The molecule has 1 unspecified atom stereocenters. The number of hydrogen-bond acceptors (Lipinski definition) is 10. The van der Waals surface area contributed by atoms with E-state index < -0.39 is 45.8 Å². The van der Waals surface area contributed by atoms with Gasteiger partial charge >= 0.3 is 12.3 Å². The second kappa shape index (κ2) is 14.6. The molecule has 16 heteroatoms. The molecule has 2 heterocycles. The lowest BCUT2D eigenvalue weighted by Gasteiger charge is -2.39. The molecular weight excluding hydrogens is 649 g/mol. The van der Waals surface area contributed by atoms with Crippen LogP contribution in [0.4, 0.5) is 18.3 Å². The number of sulfonamides is 1. The lowest BCUT2D eigenvalue weighted by molar-refractivity contribution is -0.274. The van der Waals surface area contributed by atoms with Crippen molar-refractivity contribution in [3.05, 3.63) is 70.2 Å². The van der Waals surface area contributed by atoms with Crippen LogP contribution in [0.2, 0.25) is 0 Å². The molecule has 0 saturated carbocycles. The number of alkyl halides is 3. The summed E-state index contributed by atoms with van der Waals surface area (Å²) in [6.07, 6.45) is -3.07. The molecule has 0 aliphatic carbocycles. The zero-order valence-corrected chi connectivity index (χ0v) is 26.9. The van der Waals surface area contributed by atoms with Crippen molar-refractivity contribution in [1.82, 2.24) is 14.6 Å². The van der Waals surface area contributed by atoms with Gasteiger partial charge < -0.3 is 19.7 Å². The number of piperazine rings is 1. The quantitative estimate of drug-likeness (QED) is 0.169. The number of thiazole rings is 1. The van der Waals surface area contributed by atoms with Crippen molar-refractivity contribution in [3.8, 4) is 5.75 Å². The van der Waals surface area contributed by atoms with Gasteiger partial charge in [0.25, 0.3) is 5.78 Å². The maximum atomic E-state index is 13.8. The number of esters is 1. The number of anilines is 1. The number of amides is 1. The van der Waals surface area contributed by atoms with Gasteiger partial charge in [0.2, 0.25) is 15.9 Å². The van der Waals surface area contributed by atoms with Crippen molar-refractivity contribution in [1.29, 1.82) is 0 Å². The number of hydrogen-bond donors (Lipinski definition) is 1. The standard InChI is InChI=1S/C30H33F3N4O7S2/c1-4-6-20-7-9-21(10-8-20)17-34-27(39)24-18-36(29-35-19(3)26(45-29)25(38)28(40)43-5-2)15-16-37(24)46(41,42)23-13-11-22(12-14-23)44-30(31,32)33/h7-14,24H,4-6,15-18H2,1-3H3,(H,34,39). The SMILES string of the molecule is CCCc1ccc(CNC(=O)C2CN(c3nc(C)c(C(=O)C(=O)OCC)s3)CCN2S(=O)(=O)c2ccc(OC(F)(F)F)cc2)cc1. The Morgan fingerprint density at radius 2 is 1.67 bits per heavy atom. The molecule has 1 fully saturated rings. The number of nitrogens with one attached hydrogen (secondary N) is 1. The van der Waals surface area contributed by atoms with Crippen LogP contribution < -0.4 is 15.0 Å². The van der Waals surface area contributed by atoms with Crippen molar-refractivity contribution in [2.45, 2.75) is 57.5 Å². The van der Waals surface area contributed by atoms with E-state index in [4.69, 9.17) is 4.74 Å². The van der Waals surface area contributed by atoms with Crippen LogP contribution in [0.25, 0.3) is 0 Å². The van der Waals surface area contributed by atoms with Crippen molar-refractivity contribution < 1.29 is 45.4 Å². The summed E-state index contributed by atoms with van der Waals surface area (Å²) in [7, 11) is -4.37. The van der Waals surface area contributed by atoms with E-state index in [9.17, 15) is 36.0 Å². The largest absolute Gasteiger partial charge is 0.573 e. The van der Waals surface area contributed by atoms with E-state index in [1.807, 2.05) is 24.3 Å². The average molecular weight is 683 g/mol. The summed E-state index contributed by atoms with van der Waals surface area (Å²) in [6.45, 7) is 5.05. The first kappa shape index (κ1) is 34.8. The van der Waals surface area contributed by atoms with Crippen LogP contribution in [-0.2, 0) is 37.3 Å². The molecule has 11 nitrogen and oxygen atoms in total. The highest BCUT2D eigenvalue weighted by Crippen LogP contribution is 2.31. The van der Waals surface area contributed by atoms with E-state index >= 15 is 0 Å². The number of carbonyl (C=O) groups is 3. The summed E-state index contributed by atoms with van der Waals surface area (Å²) < 4.78 is 75.1. The predicted molar refractivity (Wildman–Crippen MR) is 163 cm³/mol. The summed E-state index contributed by atoms with van der Waals surface area (Å²) in [5, 5.41) is 3.10. The fourth-order valence-corrected chi connectivity index (χ4v) is 7.43. The van der Waals surface area contributed by atoms with Crippen molar-refractivity contribution >= 4 is 44.2 Å². The minimum absolute atomic E-state index is 0.0173. The zero-order valence-electron chi connectivity index (χ0n) is 25.3. The molecule has 0 spiro atoms. The highest BCUT2D eigenvalue weighted by molar-refractivity contribution is 7.89. The topological polar surface area (TPSA) is 135 Å². The Hall–Kier alpha value is -4.02. The summed E-state index contributed by atoms with van der Waals surface area (Å²) in [5.41, 5.74) is 2.22. The fourth-order valence-electron chi connectivity index (χ4n) is 4.83. The van der Waals surface area contributed by atoms with Crippen LogP contribution >= 0.6 is 11.3 Å². The lowest BCUT2D eigenvalue weighted by atomic mass is 10.1. The Balaban J connectivity index is 1.60. The van der Waals surface area contributed by atoms with Gasteiger partial charge in [-0.05, 0) is 55.7 Å². The van der Waals surface area contributed by atoms with E-state index in [2.05, 4.69) is 22.0 Å². The van der Waals surface area contributed by atoms with Crippen LogP contribution in [0.1, 0.15) is 46.8 Å². The molecule has 0 radical (unpaired) electrons. The van der Waals surface area contributed by atoms with Crippen LogP contribution in [0.3, 0.4) is 0 Å². The highest BCUT2D eigenvalue weighted by Gasteiger charge is 2.41. The minimum Gasteiger partial charge on any atom is -0.460 e. The molecule has 4 rings (SSSR count). The first-order valence-electron chi connectivity index (χ1n) is 14.4. The molecule has 1 saturated heterocycles. The highest BCUT2D eigenvalue weighted by atomic mass is 32.2. The van der Waals surface area contributed by atoms with E-state index in [0.29, 0.717) is 5.13 Å². The third-order valence-corrected chi connectivity index (χ3v) is 10.2. The second-order valence-electron chi connectivity index (χ2n) is 10.3. The summed E-state index contributed by atoms with van der Waals surface area (Å²) in [4.78, 5) is 44.1. The maximum Gasteiger partial charge on any atom is 0.573 e. The summed E-state index contributed by atoms with van der Waals surface area (Å²) >= 11 is 0.928. The molecule has 1 aliphatic rings. The Kier molecular flexibility index (Phi) is 11.1. The van der Waals surface area contributed by atoms with Crippen LogP contribution in [0, 0.1) is 6.92 Å². The monoisotopic (exact) mass is 682 g/mol. The average Bonchev–Trinajstić information content (AvgIpc) is 3.41. The number of Topliss-reactive ketones (excluding diaryl/α,β-unsaturated/α-hetero) is 1. The zero-order chi connectivity index (χ0) is 33.6. The number of benzene rings is 2. The number of nitrogens with zero attached hydrogens (tertiary/aromatic N) is 3. The van der Waals surface area contributed by atoms with Gasteiger partial charge in [0.15, 0.2) is 5.13 Å². The summed E-state index contributed by atoms with van der Waals surface area (Å²) in [6, 6.07) is 10.1. The Labute approximate surface area is 268 Å². The number of halogens is 3. The van der Waals surface area contributed by atoms with Gasteiger partial charge in [-0.25, -0.2) is 18.2 Å². The smallest absolute Gasteiger partial charge is 0.460 e. The summed E-state index contributed by atoms with van der Waals surface area (Å²) in [5.74, 6) is -3.09. The van der Waals surface area contributed by atoms with E-state index in [1.165, 1.54) is 0 Å². The normalized spacial score (nSPS) is 15.8. The first-order chi connectivity index (χ1) is 21.7. The van der Waals surface area contributed by atoms with Gasteiger partial charge in [-0.3, -0.25) is 9.59 Å². The van der Waals surface area contributed by atoms with Crippen molar-refractivity contribution in [2.24, 2.45) is 0 Å². The van der Waals surface area contributed by atoms with E-state index in [1.54, 1.807) is 18.7 Å². The van der Waals surface area contributed by atoms with E-state index in [0.717, 1.165) is 63.9 Å². The van der Waals surface area contributed by atoms with Crippen molar-refractivity contribution in [3.63, 3.8) is 0 Å². The molecule has 2 aromatic carbocycles. The van der Waals surface area contributed by atoms with Gasteiger partial charge in [0.1, 0.15) is 16.7 Å².